The van der Waals surface area contributed by atoms with Crippen molar-refractivity contribution in [2.45, 2.75) is 12.5 Å². The van der Waals surface area contributed by atoms with Crippen LogP contribution in [-0.2, 0) is 20.7 Å². The third-order valence-corrected chi connectivity index (χ3v) is 2.62. The zero-order valence-corrected chi connectivity index (χ0v) is 10.3. The number of esters is 1. The van der Waals surface area contributed by atoms with Gasteiger partial charge in [-0.05, 0) is 11.6 Å². The van der Waals surface area contributed by atoms with E-state index in [-0.39, 0.29) is 30.6 Å². The summed E-state index contributed by atoms with van der Waals surface area (Å²) < 4.78 is 14.8. The highest BCUT2D eigenvalue weighted by Gasteiger charge is 2.25. The van der Waals surface area contributed by atoms with Crippen molar-refractivity contribution in [1.82, 2.24) is 0 Å². The number of benzene rings is 1. The minimum Gasteiger partial charge on any atom is -0.484 e. The van der Waals surface area contributed by atoms with E-state index in [1.165, 1.54) is 19.2 Å². The molecule has 1 fully saturated rings. The number of carbonyl (C=O) groups excluding carboxylic acids is 1. The van der Waals surface area contributed by atoms with Gasteiger partial charge in [-0.15, -0.1) is 0 Å². The van der Waals surface area contributed by atoms with Crippen LogP contribution in [0.5, 0.6) is 5.75 Å². The number of rotatable bonds is 6. The normalized spacial score (nSPS) is 16.8. The summed E-state index contributed by atoms with van der Waals surface area (Å²) >= 11 is 0. The largest absolute Gasteiger partial charge is 0.484 e. The third kappa shape index (κ3) is 3.65. The summed E-state index contributed by atoms with van der Waals surface area (Å²) in [5.41, 5.74) is 0.343. The highest BCUT2D eigenvalue weighted by Crippen LogP contribution is 2.29. The minimum absolute atomic E-state index is 0.0106. The van der Waals surface area contributed by atoms with Crippen molar-refractivity contribution in [3.8, 4) is 5.75 Å². The second-order valence-electron chi connectivity index (χ2n) is 4.08. The average molecular weight is 267 g/mol. The first kappa shape index (κ1) is 13.3. The van der Waals surface area contributed by atoms with Crippen molar-refractivity contribution >= 4 is 11.7 Å². The van der Waals surface area contributed by atoms with E-state index < -0.39 is 10.9 Å². The van der Waals surface area contributed by atoms with Crippen LogP contribution in [0.2, 0.25) is 0 Å². The van der Waals surface area contributed by atoms with E-state index in [2.05, 4.69) is 4.74 Å². The molecule has 1 aromatic carbocycles. The Morgan fingerprint density at radius 1 is 1.58 bits per heavy atom. The molecule has 0 saturated carbocycles. The Labute approximate surface area is 109 Å². The molecule has 0 spiro atoms. The molecule has 19 heavy (non-hydrogen) atoms. The van der Waals surface area contributed by atoms with E-state index in [4.69, 9.17) is 9.47 Å². The van der Waals surface area contributed by atoms with Gasteiger partial charge in [-0.25, -0.2) is 0 Å². The number of hydrogen-bond acceptors (Lipinski definition) is 6. The Hall–Kier alpha value is -2.15. The van der Waals surface area contributed by atoms with E-state index >= 15 is 0 Å². The monoisotopic (exact) mass is 267 g/mol. The summed E-state index contributed by atoms with van der Waals surface area (Å²) in [6.45, 7) is 0.908. The zero-order chi connectivity index (χ0) is 13.8. The van der Waals surface area contributed by atoms with Crippen molar-refractivity contribution in [1.29, 1.82) is 0 Å². The van der Waals surface area contributed by atoms with E-state index in [1.807, 2.05) is 0 Å². The van der Waals surface area contributed by atoms with E-state index in [0.29, 0.717) is 12.2 Å². The molecule has 1 atom stereocenters. The van der Waals surface area contributed by atoms with Gasteiger partial charge in [0.05, 0.1) is 25.1 Å². The summed E-state index contributed by atoms with van der Waals surface area (Å²) in [6.07, 6.45) is 0.0120. The van der Waals surface area contributed by atoms with Gasteiger partial charge in [-0.3, -0.25) is 14.9 Å². The van der Waals surface area contributed by atoms with Crippen LogP contribution >= 0.6 is 0 Å². The molecular formula is C12H13NO6. The first-order chi connectivity index (χ1) is 9.10. The highest BCUT2D eigenvalue weighted by atomic mass is 16.6. The molecule has 1 aromatic rings. The maximum absolute atomic E-state index is 11.1. The molecule has 1 heterocycles. The number of nitro benzene ring substituents is 1. The zero-order valence-electron chi connectivity index (χ0n) is 10.3. The van der Waals surface area contributed by atoms with Gasteiger partial charge in [0.2, 0.25) is 0 Å². The van der Waals surface area contributed by atoms with Crippen LogP contribution in [0.4, 0.5) is 5.69 Å². The molecule has 7 nitrogen and oxygen atoms in total. The smallest absolute Gasteiger partial charge is 0.311 e. The second kappa shape index (κ2) is 5.66. The SMILES string of the molecule is COC(=O)Cc1ccc(OC[C@H]2CO2)c([N+](=O)[O-])c1. The number of methoxy groups -OCH3 is 1. The van der Waals surface area contributed by atoms with Gasteiger partial charge < -0.3 is 14.2 Å². The Kier molecular flexibility index (Phi) is 3.96. The van der Waals surface area contributed by atoms with Crippen LogP contribution in [0.1, 0.15) is 5.56 Å². The molecule has 1 aliphatic rings. The summed E-state index contributed by atoms with van der Waals surface area (Å²) in [5, 5.41) is 11.0. The van der Waals surface area contributed by atoms with E-state index in [0.717, 1.165) is 0 Å². The van der Waals surface area contributed by atoms with Crippen molar-refractivity contribution in [2.75, 3.05) is 20.3 Å². The number of ether oxygens (including phenoxy) is 3. The molecule has 0 radical (unpaired) electrons. The Bertz CT molecular complexity index is 497. The summed E-state index contributed by atoms with van der Waals surface area (Å²) in [7, 11) is 1.27. The standard InChI is InChI=1S/C12H13NO6/c1-17-12(14)5-8-2-3-11(10(4-8)13(15)16)19-7-9-6-18-9/h2-4,9H,5-7H2,1H3/t9-/m1/s1. The van der Waals surface area contributed by atoms with Crippen molar-refractivity contribution in [3.05, 3.63) is 33.9 Å². The Morgan fingerprint density at radius 3 is 2.89 bits per heavy atom. The molecule has 7 heteroatoms. The van der Waals surface area contributed by atoms with Crippen molar-refractivity contribution in [2.24, 2.45) is 0 Å². The molecular weight excluding hydrogens is 254 g/mol. The lowest BCUT2D eigenvalue weighted by Gasteiger charge is -2.06. The molecule has 1 aliphatic heterocycles. The Balaban J connectivity index is 2.13. The number of nitrogens with zero attached hydrogens (tertiary/aromatic N) is 1. The number of hydrogen-bond donors (Lipinski definition) is 0. The molecule has 0 aromatic heterocycles. The summed E-state index contributed by atoms with van der Waals surface area (Å²) in [5.74, 6) is -0.275. The first-order valence-corrected chi connectivity index (χ1v) is 5.68. The summed E-state index contributed by atoms with van der Waals surface area (Å²) in [4.78, 5) is 21.6. The van der Waals surface area contributed by atoms with Crippen molar-refractivity contribution in [3.63, 3.8) is 0 Å². The van der Waals surface area contributed by atoms with Gasteiger partial charge in [0, 0.05) is 6.07 Å². The lowest BCUT2D eigenvalue weighted by Crippen LogP contribution is -2.08. The van der Waals surface area contributed by atoms with Crippen molar-refractivity contribution < 1.29 is 23.9 Å². The fourth-order valence-electron chi connectivity index (χ4n) is 1.52. The average Bonchev–Trinajstić information content (AvgIpc) is 3.20. The first-order valence-electron chi connectivity index (χ1n) is 5.68. The number of epoxide rings is 1. The predicted octanol–water partition coefficient (Wildman–Crippen LogP) is 1.09. The Morgan fingerprint density at radius 2 is 2.32 bits per heavy atom. The summed E-state index contributed by atoms with van der Waals surface area (Å²) in [6, 6.07) is 4.41. The van der Waals surface area contributed by atoms with Gasteiger partial charge in [0.15, 0.2) is 5.75 Å². The van der Waals surface area contributed by atoms with Gasteiger partial charge in [0.25, 0.3) is 0 Å². The fraction of sp³-hybridized carbons (Fsp3) is 0.417. The minimum atomic E-state index is -0.538. The molecule has 0 aliphatic carbocycles. The van der Waals surface area contributed by atoms with Gasteiger partial charge >= 0.3 is 11.7 Å². The molecule has 0 unspecified atom stereocenters. The quantitative estimate of drug-likeness (QED) is 0.331. The predicted molar refractivity (Wildman–Crippen MR) is 64.1 cm³/mol. The second-order valence-corrected chi connectivity index (χ2v) is 4.08. The van der Waals surface area contributed by atoms with E-state index in [1.54, 1.807) is 6.07 Å². The van der Waals surface area contributed by atoms with Gasteiger partial charge in [-0.1, -0.05) is 6.07 Å². The molecule has 1 saturated heterocycles. The fourth-order valence-corrected chi connectivity index (χ4v) is 1.52. The maximum atomic E-state index is 11.1. The lowest BCUT2D eigenvalue weighted by molar-refractivity contribution is -0.385. The lowest BCUT2D eigenvalue weighted by atomic mass is 10.1. The third-order valence-electron chi connectivity index (χ3n) is 2.62. The van der Waals surface area contributed by atoms with Crippen LogP contribution in [-0.4, -0.2) is 37.3 Å². The van der Waals surface area contributed by atoms with Gasteiger partial charge in [-0.2, -0.15) is 0 Å². The molecule has 102 valence electrons. The van der Waals surface area contributed by atoms with E-state index in [9.17, 15) is 14.9 Å². The highest BCUT2D eigenvalue weighted by molar-refractivity contribution is 5.73. The number of nitro groups is 1. The van der Waals surface area contributed by atoms with Gasteiger partial charge in [0.1, 0.15) is 12.7 Å². The maximum Gasteiger partial charge on any atom is 0.311 e. The van der Waals surface area contributed by atoms with Crippen LogP contribution < -0.4 is 4.74 Å². The van der Waals surface area contributed by atoms with Crippen LogP contribution in [0, 0.1) is 10.1 Å². The molecule has 0 amide bonds. The van der Waals surface area contributed by atoms with Crippen LogP contribution in [0.15, 0.2) is 18.2 Å². The molecule has 2 rings (SSSR count). The van der Waals surface area contributed by atoms with Crippen LogP contribution in [0.3, 0.4) is 0 Å². The molecule has 0 bridgehead atoms. The van der Waals surface area contributed by atoms with Crippen LogP contribution in [0.25, 0.3) is 0 Å². The topological polar surface area (TPSA) is 91.2 Å². The number of carbonyl (C=O) groups is 1. The molecule has 0 N–H and O–H groups in total.